The number of nitrogens with one attached hydrogen (secondary N) is 1. The van der Waals surface area contributed by atoms with Crippen molar-refractivity contribution in [1.82, 2.24) is 4.98 Å². The average Bonchev–Trinajstić information content (AvgIpc) is 2.55. The smallest absolute Gasteiger partial charge is 0.231 e. The van der Waals surface area contributed by atoms with Crippen LogP contribution in [0.15, 0.2) is 49.2 Å². The molecule has 1 aromatic carbocycles. The Labute approximate surface area is 134 Å². The van der Waals surface area contributed by atoms with E-state index in [1.807, 2.05) is 30.3 Å². The van der Waals surface area contributed by atoms with E-state index < -0.39 is 5.95 Å². The van der Waals surface area contributed by atoms with E-state index in [4.69, 9.17) is 16.3 Å². The van der Waals surface area contributed by atoms with E-state index in [9.17, 15) is 4.39 Å². The number of nitrogens with zero attached hydrogens (tertiary/aromatic N) is 1. The van der Waals surface area contributed by atoms with Gasteiger partial charge in [-0.1, -0.05) is 17.7 Å². The third-order valence-corrected chi connectivity index (χ3v) is 3.72. The summed E-state index contributed by atoms with van der Waals surface area (Å²) >= 11 is 6.06. The molecule has 0 spiro atoms. The maximum atomic E-state index is 13.6. The molecule has 0 radical (unpaired) electrons. The molecule has 22 heavy (non-hydrogen) atoms. The van der Waals surface area contributed by atoms with Gasteiger partial charge in [-0.3, -0.25) is 0 Å². The number of ether oxygens (including phenoxy) is 1. The maximum absolute atomic E-state index is 13.6. The fourth-order valence-electron chi connectivity index (χ4n) is 2.18. The van der Waals surface area contributed by atoms with Crippen molar-refractivity contribution in [2.75, 3.05) is 12.4 Å². The summed E-state index contributed by atoms with van der Waals surface area (Å²) in [5, 5.41) is 3.42. The zero-order valence-electron chi connectivity index (χ0n) is 12.4. The highest BCUT2D eigenvalue weighted by Gasteiger charge is 2.17. The molecular formula is C17H18ClFN2O. The lowest BCUT2D eigenvalue weighted by Crippen LogP contribution is -2.12. The number of hydrogen-bond acceptors (Lipinski definition) is 3. The van der Waals surface area contributed by atoms with Crippen molar-refractivity contribution in [3.8, 4) is 5.75 Å². The fourth-order valence-corrected chi connectivity index (χ4v) is 2.42. The first-order valence-corrected chi connectivity index (χ1v) is 7.35. The molecule has 0 aliphatic rings. The van der Waals surface area contributed by atoms with Gasteiger partial charge in [-0.25, -0.2) is 4.98 Å². The average molecular weight is 321 g/mol. The number of benzene rings is 1. The van der Waals surface area contributed by atoms with Gasteiger partial charge in [-0.2, -0.15) is 4.39 Å². The standard InChI is InChI=1S/C17H18ClFN2O/c1-3-4-5-15(14-10-11-20-17(19)16(14)18)21-12-6-8-13(22-2)9-7-12/h3,6-11,15,21H,1,4-5H2,2H3/t15-/m0/s1. The van der Waals surface area contributed by atoms with Gasteiger partial charge in [0.25, 0.3) is 0 Å². The lowest BCUT2D eigenvalue weighted by Gasteiger charge is -2.21. The molecule has 2 aromatic rings. The first-order chi connectivity index (χ1) is 10.7. The molecule has 3 nitrogen and oxygen atoms in total. The van der Waals surface area contributed by atoms with Gasteiger partial charge in [0.1, 0.15) is 10.8 Å². The molecule has 1 atom stereocenters. The Bertz CT molecular complexity index is 631. The second-order valence-corrected chi connectivity index (χ2v) is 5.17. The van der Waals surface area contributed by atoms with Crippen LogP contribution in [0.2, 0.25) is 5.02 Å². The van der Waals surface area contributed by atoms with E-state index in [0.29, 0.717) is 5.56 Å². The molecule has 0 unspecified atom stereocenters. The van der Waals surface area contributed by atoms with Crippen molar-refractivity contribution in [3.05, 3.63) is 65.7 Å². The number of rotatable bonds is 7. The summed E-state index contributed by atoms with van der Waals surface area (Å²) in [6.07, 6.45) is 4.79. The second kappa shape index (κ2) is 7.80. The van der Waals surface area contributed by atoms with Gasteiger partial charge < -0.3 is 10.1 Å². The molecule has 1 N–H and O–H groups in total. The van der Waals surface area contributed by atoms with Gasteiger partial charge in [0.05, 0.1) is 13.2 Å². The molecule has 0 aliphatic heterocycles. The van der Waals surface area contributed by atoms with Crippen molar-refractivity contribution in [2.24, 2.45) is 0 Å². The zero-order chi connectivity index (χ0) is 15.9. The van der Waals surface area contributed by atoms with Crippen molar-refractivity contribution >= 4 is 17.3 Å². The first-order valence-electron chi connectivity index (χ1n) is 6.97. The normalized spacial score (nSPS) is 11.8. The van der Waals surface area contributed by atoms with E-state index in [1.165, 1.54) is 6.20 Å². The monoisotopic (exact) mass is 320 g/mol. The molecule has 0 saturated heterocycles. The summed E-state index contributed by atoms with van der Waals surface area (Å²) in [6, 6.07) is 9.14. The van der Waals surface area contributed by atoms with Crippen LogP contribution in [0.5, 0.6) is 5.75 Å². The van der Waals surface area contributed by atoms with E-state index in [-0.39, 0.29) is 11.1 Å². The zero-order valence-corrected chi connectivity index (χ0v) is 13.1. The molecule has 0 bridgehead atoms. The molecular weight excluding hydrogens is 303 g/mol. The molecule has 5 heteroatoms. The Hall–Kier alpha value is -2.07. The highest BCUT2D eigenvalue weighted by molar-refractivity contribution is 6.31. The quantitative estimate of drug-likeness (QED) is 0.575. The summed E-state index contributed by atoms with van der Waals surface area (Å²) in [5.41, 5.74) is 1.59. The Balaban J connectivity index is 2.25. The Morgan fingerprint density at radius 2 is 2.09 bits per heavy atom. The van der Waals surface area contributed by atoms with Gasteiger partial charge in [-0.15, -0.1) is 6.58 Å². The van der Waals surface area contributed by atoms with Crippen LogP contribution in [0.4, 0.5) is 10.1 Å². The summed E-state index contributed by atoms with van der Waals surface area (Å²) in [5.74, 6) is 0.125. The molecule has 0 aliphatic carbocycles. The number of halogens is 2. The number of anilines is 1. The van der Waals surface area contributed by atoms with Gasteiger partial charge in [-0.05, 0) is 48.7 Å². The van der Waals surface area contributed by atoms with E-state index in [1.54, 1.807) is 13.2 Å². The third-order valence-electron chi connectivity index (χ3n) is 3.34. The van der Waals surface area contributed by atoms with Gasteiger partial charge in [0.15, 0.2) is 0 Å². The molecule has 116 valence electrons. The van der Waals surface area contributed by atoms with Crippen LogP contribution in [0, 0.1) is 5.95 Å². The van der Waals surface area contributed by atoms with Gasteiger partial charge >= 0.3 is 0 Å². The van der Waals surface area contributed by atoms with Gasteiger partial charge in [0, 0.05) is 11.9 Å². The highest BCUT2D eigenvalue weighted by Crippen LogP contribution is 2.31. The topological polar surface area (TPSA) is 34.1 Å². The summed E-state index contributed by atoms with van der Waals surface area (Å²) < 4.78 is 18.7. The van der Waals surface area contributed by atoms with Crippen LogP contribution >= 0.6 is 11.6 Å². The molecule has 0 saturated carbocycles. The van der Waals surface area contributed by atoms with Crippen molar-refractivity contribution < 1.29 is 9.13 Å². The van der Waals surface area contributed by atoms with E-state index in [0.717, 1.165) is 24.3 Å². The number of pyridine rings is 1. The van der Waals surface area contributed by atoms with Crippen molar-refractivity contribution in [3.63, 3.8) is 0 Å². The van der Waals surface area contributed by atoms with Crippen LogP contribution < -0.4 is 10.1 Å². The minimum atomic E-state index is -0.653. The highest BCUT2D eigenvalue weighted by atomic mass is 35.5. The van der Waals surface area contributed by atoms with Crippen molar-refractivity contribution in [1.29, 1.82) is 0 Å². The second-order valence-electron chi connectivity index (χ2n) is 4.80. The van der Waals surface area contributed by atoms with Crippen LogP contribution in [0.1, 0.15) is 24.4 Å². The summed E-state index contributed by atoms with van der Waals surface area (Å²) in [4.78, 5) is 3.57. The SMILES string of the molecule is C=CCC[C@H](Nc1ccc(OC)cc1)c1ccnc(F)c1Cl. The van der Waals surface area contributed by atoms with Crippen LogP contribution in [-0.2, 0) is 0 Å². The van der Waals surface area contributed by atoms with Crippen molar-refractivity contribution in [2.45, 2.75) is 18.9 Å². The third kappa shape index (κ3) is 3.98. The number of aromatic nitrogens is 1. The number of methoxy groups -OCH3 is 1. The molecule has 2 rings (SSSR count). The lowest BCUT2D eigenvalue weighted by atomic mass is 10.0. The molecule has 1 aromatic heterocycles. The lowest BCUT2D eigenvalue weighted by molar-refractivity contribution is 0.415. The van der Waals surface area contributed by atoms with E-state index >= 15 is 0 Å². The van der Waals surface area contributed by atoms with Gasteiger partial charge in [0.2, 0.25) is 5.95 Å². The minimum Gasteiger partial charge on any atom is -0.497 e. The predicted octanol–water partition coefficient (Wildman–Crippen LogP) is 5.00. The summed E-state index contributed by atoms with van der Waals surface area (Å²) in [6.45, 7) is 3.73. The molecule has 0 fully saturated rings. The molecule has 1 heterocycles. The maximum Gasteiger partial charge on any atom is 0.231 e. The number of allylic oxidation sites excluding steroid dienone is 1. The Morgan fingerprint density at radius 3 is 2.73 bits per heavy atom. The van der Waals surface area contributed by atoms with Crippen LogP contribution in [0.25, 0.3) is 0 Å². The minimum absolute atomic E-state index is 0.0533. The predicted molar refractivity (Wildman–Crippen MR) is 88.0 cm³/mol. The van der Waals surface area contributed by atoms with E-state index in [2.05, 4.69) is 16.9 Å². The van der Waals surface area contributed by atoms with Crippen LogP contribution in [0.3, 0.4) is 0 Å². The Morgan fingerprint density at radius 1 is 1.36 bits per heavy atom. The largest absolute Gasteiger partial charge is 0.497 e. The fraction of sp³-hybridized carbons (Fsp3) is 0.235. The number of hydrogen-bond donors (Lipinski definition) is 1. The molecule has 0 amide bonds. The first kappa shape index (κ1) is 16.3. The Kier molecular flexibility index (Phi) is 5.78. The summed E-state index contributed by atoms with van der Waals surface area (Å²) in [7, 11) is 1.62. The van der Waals surface area contributed by atoms with Crippen LogP contribution in [-0.4, -0.2) is 12.1 Å².